The van der Waals surface area contributed by atoms with Gasteiger partial charge in [-0.3, -0.25) is 0 Å². The first-order chi connectivity index (χ1) is 7.13. The summed E-state index contributed by atoms with van der Waals surface area (Å²) in [6, 6.07) is 4.34. The first-order valence-electron chi connectivity index (χ1n) is 5.26. The van der Waals surface area contributed by atoms with Crippen molar-refractivity contribution >= 4 is 10.9 Å². The van der Waals surface area contributed by atoms with Gasteiger partial charge in [-0.15, -0.1) is 4.68 Å². The smallest absolute Gasteiger partial charge is 0.137 e. The molecule has 15 heavy (non-hydrogen) atoms. The summed E-state index contributed by atoms with van der Waals surface area (Å²) in [6.07, 6.45) is 0.978. The molecule has 3 nitrogen and oxygen atoms in total. The van der Waals surface area contributed by atoms with E-state index in [2.05, 4.69) is 43.2 Å². The van der Waals surface area contributed by atoms with E-state index in [1.54, 1.807) is 0 Å². The molecule has 2 aromatic rings. The third-order valence-electron chi connectivity index (χ3n) is 2.76. The molecule has 0 bridgehead atoms. The second-order valence-electron chi connectivity index (χ2n) is 3.99. The van der Waals surface area contributed by atoms with Gasteiger partial charge in [0.25, 0.3) is 0 Å². The van der Waals surface area contributed by atoms with E-state index in [9.17, 15) is 0 Å². The first-order valence-corrected chi connectivity index (χ1v) is 5.26. The first kappa shape index (κ1) is 10.0. The van der Waals surface area contributed by atoms with Gasteiger partial charge >= 0.3 is 0 Å². The number of hydrogen-bond donors (Lipinski definition) is 0. The molecule has 2 rings (SSSR count). The molecule has 0 aliphatic heterocycles. The van der Waals surface area contributed by atoms with Gasteiger partial charge in [0.15, 0.2) is 0 Å². The molecule has 0 unspecified atom stereocenters. The van der Waals surface area contributed by atoms with Crippen LogP contribution in [0.2, 0.25) is 0 Å². The van der Waals surface area contributed by atoms with E-state index in [-0.39, 0.29) is 0 Å². The van der Waals surface area contributed by atoms with Crippen molar-refractivity contribution in [2.45, 2.75) is 27.2 Å². The highest BCUT2D eigenvalue weighted by atomic mass is 15.4. The van der Waals surface area contributed by atoms with Crippen molar-refractivity contribution in [1.29, 1.82) is 0 Å². The highest BCUT2D eigenvalue weighted by molar-refractivity contribution is 5.83. The third kappa shape index (κ3) is 1.58. The van der Waals surface area contributed by atoms with Crippen molar-refractivity contribution in [2.75, 3.05) is 0 Å². The summed E-state index contributed by atoms with van der Waals surface area (Å²) >= 11 is 0. The minimum atomic E-state index is 0.978. The van der Waals surface area contributed by atoms with Crippen LogP contribution in [0.3, 0.4) is 0 Å². The molecule has 78 valence electrons. The molecule has 0 radical (unpaired) electrons. The number of rotatable bonds is 1. The number of nitrogens with zero attached hydrogens (tertiary/aromatic N) is 3. The Bertz CT molecular complexity index is 518. The van der Waals surface area contributed by atoms with Crippen LogP contribution in [0.4, 0.5) is 0 Å². The Balaban J connectivity index is 2.91. The van der Waals surface area contributed by atoms with Gasteiger partial charge in [0.2, 0.25) is 5.52 Å². The quantitative estimate of drug-likeness (QED) is 0.658. The van der Waals surface area contributed by atoms with Crippen molar-refractivity contribution < 1.29 is 4.68 Å². The number of fused-ring (bicyclic) bond motifs is 1. The summed E-state index contributed by atoms with van der Waals surface area (Å²) in [4.78, 5) is 0. The highest BCUT2D eigenvalue weighted by Crippen LogP contribution is 2.19. The Morgan fingerprint density at radius 1 is 1.27 bits per heavy atom. The molecular formula is C12H16N3+. The predicted octanol–water partition coefficient (Wildman–Crippen LogP) is 1.63. The van der Waals surface area contributed by atoms with Crippen LogP contribution >= 0.6 is 0 Å². The van der Waals surface area contributed by atoms with Gasteiger partial charge in [-0.1, -0.05) is 13.0 Å². The van der Waals surface area contributed by atoms with Crippen molar-refractivity contribution in [3.05, 3.63) is 29.0 Å². The molecule has 3 heteroatoms. The number of aromatic nitrogens is 3. The molecule has 0 N–H and O–H groups in total. The lowest BCUT2D eigenvalue weighted by Crippen LogP contribution is -2.39. The molecule has 1 aromatic heterocycles. The van der Waals surface area contributed by atoms with E-state index in [0.717, 1.165) is 11.9 Å². The lowest BCUT2D eigenvalue weighted by molar-refractivity contribution is -0.741. The van der Waals surface area contributed by atoms with Crippen LogP contribution < -0.4 is 4.68 Å². The van der Waals surface area contributed by atoms with Gasteiger partial charge in [0.1, 0.15) is 18.0 Å². The van der Waals surface area contributed by atoms with Crippen LogP contribution in [0.25, 0.3) is 10.9 Å². The Labute approximate surface area is 89.7 Å². The fourth-order valence-corrected chi connectivity index (χ4v) is 2.07. The lowest BCUT2D eigenvalue weighted by atomic mass is 10.1. The monoisotopic (exact) mass is 202 g/mol. The molecular weight excluding hydrogens is 186 g/mol. The normalized spacial score (nSPS) is 10.9. The van der Waals surface area contributed by atoms with Gasteiger partial charge in [-0.2, -0.15) is 0 Å². The van der Waals surface area contributed by atoms with Gasteiger partial charge < -0.3 is 0 Å². The van der Waals surface area contributed by atoms with E-state index < -0.39 is 0 Å². The summed E-state index contributed by atoms with van der Waals surface area (Å²) in [7, 11) is 1.95. The Morgan fingerprint density at radius 2 is 2.00 bits per heavy atom. The van der Waals surface area contributed by atoms with Crippen LogP contribution in [0.1, 0.15) is 23.7 Å². The minimum absolute atomic E-state index is 0.978. The summed E-state index contributed by atoms with van der Waals surface area (Å²) in [5, 5.41) is 9.61. The van der Waals surface area contributed by atoms with E-state index in [1.807, 2.05) is 11.7 Å². The van der Waals surface area contributed by atoms with Crippen LogP contribution in [0, 0.1) is 13.8 Å². The number of aryl methyl sites for hydroxylation is 4. The van der Waals surface area contributed by atoms with Crippen LogP contribution in [0.15, 0.2) is 12.1 Å². The SMILES string of the molecule is CCc1c2cc(C)cc(C)c2nn[n+]1C. The predicted molar refractivity (Wildman–Crippen MR) is 59.6 cm³/mol. The average molecular weight is 202 g/mol. The molecule has 0 spiro atoms. The summed E-state index contributed by atoms with van der Waals surface area (Å²) < 4.78 is 1.86. The maximum atomic E-state index is 4.24. The zero-order valence-electron chi connectivity index (χ0n) is 9.70. The summed E-state index contributed by atoms with van der Waals surface area (Å²) in [6.45, 7) is 6.35. The fraction of sp³-hybridized carbons (Fsp3) is 0.417. The highest BCUT2D eigenvalue weighted by Gasteiger charge is 2.14. The molecule has 0 saturated carbocycles. The number of hydrogen-bond acceptors (Lipinski definition) is 2. The summed E-state index contributed by atoms with van der Waals surface area (Å²) in [5.41, 5.74) is 4.75. The standard InChI is InChI=1S/C12H16N3/c1-5-11-10-7-8(2)6-9(3)12(10)13-14-15(11)4/h6-7H,5H2,1-4H3/q+1. The second kappa shape index (κ2) is 3.57. The zero-order valence-corrected chi connectivity index (χ0v) is 9.70. The van der Waals surface area contributed by atoms with E-state index in [1.165, 1.54) is 22.2 Å². The molecule has 0 saturated heterocycles. The molecule has 0 aliphatic rings. The van der Waals surface area contributed by atoms with Crippen molar-refractivity contribution in [2.24, 2.45) is 7.05 Å². The molecule has 1 heterocycles. The fourth-order valence-electron chi connectivity index (χ4n) is 2.07. The van der Waals surface area contributed by atoms with Crippen LogP contribution in [0.5, 0.6) is 0 Å². The van der Waals surface area contributed by atoms with Gasteiger partial charge in [0, 0.05) is 12.0 Å². The Hall–Kier alpha value is -1.51. The molecule has 0 amide bonds. The number of benzene rings is 1. The van der Waals surface area contributed by atoms with Crippen molar-refractivity contribution in [1.82, 2.24) is 10.3 Å². The van der Waals surface area contributed by atoms with Crippen molar-refractivity contribution in [3.8, 4) is 0 Å². The van der Waals surface area contributed by atoms with Gasteiger partial charge in [-0.05, 0) is 25.5 Å². The molecule has 1 aromatic carbocycles. The molecule has 0 aliphatic carbocycles. The largest absolute Gasteiger partial charge is 0.217 e. The minimum Gasteiger partial charge on any atom is -0.137 e. The van der Waals surface area contributed by atoms with E-state index in [4.69, 9.17) is 0 Å². The third-order valence-corrected chi connectivity index (χ3v) is 2.76. The second-order valence-corrected chi connectivity index (χ2v) is 3.99. The van der Waals surface area contributed by atoms with Crippen LogP contribution in [-0.4, -0.2) is 10.3 Å². The Kier molecular flexibility index (Phi) is 2.39. The average Bonchev–Trinajstić information content (AvgIpc) is 2.17. The van der Waals surface area contributed by atoms with E-state index in [0.29, 0.717) is 0 Å². The van der Waals surface area contributed by atoms with Crippen molar-refractivity contribution in [3.63, 3.8) is 0 Å². The molecule has 0 atom stereocenters. The van der Waals surface area contributed by atoms with Gasteiger partial charge in [-0.25, -0.2) is 0 Å². The van der Waals surface area contributed by atoms with Crippen LogP contribution in [-0.2, 0) is 13.5 Å². The lowest BCUT2D eigenvalue weighted by Gasteiger charge is -2.03. The van der Waals surface area contributed by atoms with E-state index >= 15 is 0 Å². The maximum Gasteiger partial charge on any atom is 0.217 e. The maximum absolute atomic E-state index is 4.24. The Morgan fingerprint density at radius 3 is 2.67 bits per heavy atom. The summed E-state index contributed by atoms with van der Waals surface area (Å²) in [5.74, 6) is 0. The van der Waals surface area contributed by atoms with Gasteiger partial charge in [0.05, 0.1) is 10.5 Å². The zero-order chi connectivity index (χ0) is 11.0. The topological polar surface area (TPSA) is 29.7 Å². The molecule has 0 fully saturated rings.